The van der Waals surface area contributed by atoms with Gasteiger partial charge in [0.2, 0.25) is 5.91 Å². The zero-order chi connectivity index (χ0) is 15.8. The van der Waals surface area contributed by atoms with Crippen molar-refractivity contribution < 1.29 is 18.3 Å². The summed E-state index contributed by atoms with van der Waals surface area (Å²) in [5, 5.41) is 2.79. The molecule has 0 aromatic heterocycles. The SMILES string of the molecule is CCCC(N)C(=O)NC(CC)c1ccccc1OC(F)F.Cl. The van der Waals surface area contributed by atoms with Gasteiger partial charge in [0, 0.05) is 5.56 Å². The van der Waals surface area contributed by atoms with Gasteiger partial charge >= 0.3 is 6.61 Å². The monoisotopic (exact) mass is 336 g/mol. The number of amides is 1. The Labute approximate surface area is 135 Å². The fourth-order valence-corrected chi connectivity index (χ4v) is 2.09. The molecule has 22 heavy (non-hydrogen) atoms. The van der Waals surface area contributed by atoms with Crippen molar-refractivity contribution in [1.82, 2.24) is 5.32 Å². The van der Waals surface area contributed by atoms with Crippen LogP contribution in [0.15, 0.2) is 24.3 Å². The predicted molar refractivity (Wildman–Crippen MR) is 84.4 cm³/mol. The van der Waals surface area contributed by atoms with Crippen molar-refractivity contribution in [2.75, 3.05) is 0 Å². The van der Waals surface area contributed by atoms with Gasteiger partial charge in [0.05, 0.1) is 12.1 Å². The number of halogens is 3. The molecule has 0 aliphatic heterocycles. The van der Waals surface area contributed by atoms with E-state index in [1.165, 1.54) is 6.07 Å². The average molecular weight is 337 g/mol. The molecule has 0 aliphatic carbocycles. The van der Waals surface area contributed by atoms with Gasteiger partial charge in [0.1, 0.15) is 5.75 Å². The fourth-order valence-electron chi connectivity index (χ4n) is 2.09. The van der Waals surface area contributed by atoms with Crippen molar-refractivity contribution in [3.63, 3.8) is 0 Å². The van der Waals surface area contributed by atoms with Gasteiger partial charge in [-0.25, -0.2) is 0 Å². The molecule has 0 radical (unpaired) electrons. The van der Waals surface area contributed by atoms with Crippen LogP contribution in [0.2, 0.25) is 0 Å². The molecule has 0 fully saturated rings. The minimum atomic E-state index is -2.90. The Morgan fingerprint density at radius 1 is 1.32 bits per heavy atom. The van der Waals surface area contributed by atoms with E-state index in [4.69, 9.17) is 5.73 Å². The minimum absolute atomic E-state index is 0. The molecule has 0 saturated carbocycles. The first kappa shape index (κ1) is 20.6. The number of rotatable bonds is 8. The van der Waals surface area contributed by atoms with Crippen LogP contribution in [-0.4, -0.2) is 18.6 Å². The molecule has 7 heteroatoms. The Balaban J connectivity index is 0.00000441. The van der Waals surface area contributed by atoms with Crippen LogP contribution in [0.4, 0.5) is 8.78 Å². The van der Waals surface area contributed by atoms with Crippen LogP contribution in [0.25, 0.3) is 0 Å². The summed E-state index contributed by atoms with van der Waals surface area (Å²) in [6, 6.07) is 5.45. The van der Waals surface area contributed by atoms with Gasteiger partial charge in [-0.2, -0.15) is 8.78 Å². The van der Waals surface area contributed by atoms with Gasteiger partial charge in [-0.05, 0) is 18.9 Å². The molecule has 1 aromatic rings. The number of nitrogens with two attached hydrogens (primary N) is 1. The maximum atomic E-state index is 12.4. The number of carbonyl (C=O) groups excluding carboxylic acids is 1. The predicted octanol–water partition coefficient (Wildman–Crippen LogP) is 3.40. The van der Waals surface area contributed by atoms with Gasteiger partial charge in [-0.15, -0.1) is 12.4 Å². The topological polar surface area (TPSA) is 64.4 Å². The molecule has 1 aromatic carbocycles. The second kappa shape index (κ2) is 10.3. The lowest BCUT2D eigenvalue weighted by Crippen LogP contribution is -2.42. The molecule has 3 N–H and O–H groups in total. The Hall–Kier alpha value is -1.40. The molecule has 0 spiro atoms. The van der Waals surface area contributed by atoms with E-state index in [-0.39, 0.29) is 24.1 Å². The van der Waals surface area contributed by atoms with Crippen LogP contribution in [0, 0.1) is 0 Å². The van der Waals surface area contributed by atoms with Crippen molar-refractivity contribution >= 4 is 18.3 Å². The maximum absolute atomic E-state index is 12.4. The molecule has 2 atom stereocenters. The lowest BCUT2D eigenvalue weighted by atomic mass is 10.0. The van der Waals surface area contributed by atoms with Crippen molar-refractivity contribution in [1.29, 1.82) is 0 Å². The fraction of sp³-hybridized carbons (Fsp3) is 0.533. The summed E-state index contributed by atoms with van der Waals surface area (Å²) in [5.74, 6) is -0.209. The standard InChI is InChI=1S/C15H22F2N2O2.ClH/c1-3-7-11(18)14(20)19-12(4-2)10-8-5-6-9-13(10)21-15(16)17;/h5-6,8-9,11-12,15H,3-4,7,18H2,1-2H3,(H,19,20);1H. The Morgan fingerprint density at radius 2 is 1.95 bits per heavy atom. The van der Waals surface area contributed by atoms with E-state index in [2.05, 4.69) is 10.1 Å². The summed E-state index contributed by atoms with van der Waals surface area (Å²) < 4.78 is 29.4. The molecule has 0 bridgehead atoms. The number of hydrogen-bond donors (Lipinski definition) is 2. The molecular weight excluding hydrogens is 314 g/mol. The lowest BCUT2D eigenvalue weighted by Gasteiger charge is -2.22. The van der Waals surface area contributed by atoms with Crippen LogP contribution < -0.4 is 15.8 Å². The third-order valence-electron chi connectivity index (χ3n) is 3.17. The maximum Gasteiger partial charge on any atom is 0.387 e. The Kier molecular flexibility index (Phi) is 9.69. The number of benzene rings is 1. The molecule has 0 saturated heterocycles. The van der Waals surface area contributed by atoms with Gasteiger partial charge < -0.3 is 15.8 Å². The van der Waals surface area contributed by atoms with Crippen molar-refractivity contribution in [2.24, 2.45) is 5.73 Å². The second-order valence-electron chi connectivity index (χ2n) is 4.78. The van der Waals surface area contributed by atoms with Gasteiger partial charge in [0.15, 0.2) is 0 Å². The van der Waals surface area contributed by atoms with Crippen LogP contribution in [-0.2, 0) is 4.79 Å². The third-order valence-corrected chi connectivity index (χ3v) is 3.17. The van der Waals surface area contributed by atoms with E-state index in [1.807, 2.05) is 13.8 Å². The van der Waals surface area contributed by atoms with E-state index >= 15 is 0 Å². The highest BCUT2D eigenvalue weighted by Crippen LogP contribution is 2.28. The molecular formula is C15H23ClF2N2O2. The smallest absolute Gasteiger partial charge is 0.387 e. The zero-order valence-electron chi connectivity index (χ0n) is 12.7. The second-order valence-corrected chi connectivity index (χ2v) is 4.78. The molecule has 2 unspecified atom stereocenters. The van der Waals surface area contributed by atoms with Gasteiger partial charge in [-0.1, -0.05) is 38.5 Å². The first-order chi connectivity index (χ1) is 9.99. The van der Waals surface area contributed by atoms with Crippen LogP contribution in [0.5, 0.6) is 5.75 Å². The van der Waals surface area contributed by atoms with Crippen LogP contribution in [0.1, 0.15) is 44.7 Å². The Bertz CT molecular complexity index is 461. The van der Waals surface area contributed by atoms with E-state index < -0.39 is 18.7 Å². The number of hydrogen-bond acceptors (Lipinski definition) is 3. The largest absolute Gasteiger partial charge is 0.434 e. The Morgan fingerprint density at radius 3 is 2.50 bits per heavy atom. The number of carbonyl (C=O) groups is 1. The summed E-state index contributed by atoms with van der Waals surface area (Å²) >= 11 is 0. The van der Waals surface area contributed by atoms with Gasteiger partial charge in [0.25, 0.3) is 0 Å². The minimum Gasteiger partial charge on any atom is -0.434 e. The number of alkyl halides is 2. The van der Waals surface area contributed by atoms with E-state index in [1.54, 1.807) is 18.2 Å². The van der Waals surface area contributed by atoms with Crippen molar-refractivity contribution in [3.05, 3.63) is 29.8 Å². The number of para-hydroxylation sites is 1. The highest BCUT2D eigenvalue weighted by Gasteiger charge is 2.21. The third kappa shape index (κ3) is 6.15. The van der Waals surface area contributed by atoms with Gasteiger partial charge in [-0.3, -0.25) is 4.79 Å². The van der Waals surface area contributed by atoms with Crippen LogP contribution in [0.3, 0.4) is 0 Å². The zero-order valence-corrected chi connectivity index (χ0v) is 13.5. The van der Waals surface area contributed by atoms with E-state index in [0.29, 0.717) is 18.4 Å². The summed E-state index contributed by atoms with van der Waals surface area (Å²) in [6.45, 7) is 0.896. The summed E-state index contributed by atoms with van der Waals surface area (Å²) in [5.41, 5.74) is 6.29. The molecule has 1 amide bonds. The van der Waals surface area contributed by atoms with Crippen molar-refractivity contribution in [3.8, 4) is 5.75 Å². The number of nitrogens with one attached hydrogen (secondary N) is 1. The van der Waals surface area contributed by atoms with Crippen molar-refractivity contribution in [2.45, 2.75) is 51.8 Å². The van der Waals surface area contributed by atoms with E-state index in [9.17, 15) is 13.6 Å². The first-order valence-corrected chi connectivity index (χ1v) is 7.09. The lowest BCUT2D eigenvalue weighted by molar-refractivity contribution is -0.123. The normalized spacial score (nSPS) is 13.2. The quantitative estimate of drug-likeness (QED) is 0.764. The summed E-state index contributed by atoms with van der Waals surface area (Å²) in [7, 11) is 0. The molecule has 0 aliphatic rings. The number of ether oxygens (including phenoxy) is 1. The molecule has 0 heterocycles. The molecule has 4 nitrogen and oxygen atoms in total. The molecule has 126 valence electrons. The molecule has 1 rings (SSSR count). The highest BCUT2D eigenvalue weighted by atomic mass is 35.5. The highest BCUT2D eigenvalue weighted by molar-refractivity contribution is 5.85. The summed E-state index contributed by atoms with van der Waals surface area (Å²) in [4.78, 5) is 12.0. The summed E-state index contributed by atoms with van der Waals surface area (Å²) in [6.07, 6.45) is 1.93. The first-order valence-electron chi connectivity index (χ1n) is 7.09. The average Bonchev–Trinajstić information content (AvgIpc) is 2.45. The van der Waals surface area contributed by atoms with E-state index in [0.717, 1.165) is 6.42 Å². The van der Waals surface area contributed by atoms with Crippen LogP contribution >= 0.6 is 12.4 Å².